The Labute approximate surface area is 135 Å². The van der Waals surface area contributed by atoms with Crippen molar-refractivity contribution in [1.82, 2.24) is 0 Å². The Bertz CT molecular complexity index is 622. The van der Waals surface area contributed by atoms with Gasteiger partial charge in [0.2, 0.25) is 0 Å². The first-order valence-corrected chi connectivity index (χ1v) is 8.67. The van der Waals surface area contributed by atoms with Crippen LogP contribution in [0.4, 0.5) is 0 Å². The SMILES string of the molecule is COc1cccc(CC2(CBr)CCCc3ccccc32)c1. The lowest BCUT2D eigenvalue weighted by molar-refractivity contribution is 0.396. The molecular weight excluding hydrogens is 324 g/mol. The number of methoxy groups -OCH3 is 1. The molecule has 1 aliphatic rings. The van der Waals surface area contributed by atoms with Gasteiger partial charge in [0.25, 0.3) is 0 Å². The first-order valence-electron chi connectivity index (χ1n) is 7.55. The predicted molar refractivity (Wildman–Crippen MR) is 91.6 cm³/mol. The van der Waals surface area contributed by atoms with Crippen LogP contribution in [-0.2, 0) is 18.3 Å². The number of halogens is 1. The highest BCUT2D eigenvalue weighted by atomic mass is 79.9. The maximum absolute atomic E-state index is 5.37. The number of fused-ring (bicyclic) bond motifs is 1. The minimum atomic E-state index is 0.210. The molecule has 0 fully saturated rings. The standard InChI is InChI=1S/C19H21BrO/c1-21-17-9-4-6-15(12-17)13-19(14-20)11-5-8-16-7-2-3-10-18(16)19/h2-4,6-7,9-10,12H,5,8,11,13-14H2,1H3. The first-order chi connectivity index (χ1) is 10.3. The van der Waals surface area contributed by atoms with Gasteiger partial charge in [-0.2, -0.15) is 0 Å². The molecule has 2 heteroatoms. The van der Waals surface area contributed by atoms with Gasteiger partial charge in [0.15, 0.2) is 0 Å². The number of benzene rings is 2. The lowest BCUT2D eigenvalue weighted by atomic mass is 9.68. The van der Waals surface area contributed by atoms with Crippen molar-refractivity contribution in [2.24, 2.45) is 0 Å². The van der Waals surface area contributed by atoms with Crippen molar-refractivity contribution in [2.75, 3.05) is 12.4 Å². The topological polar surface area (TPSA) is 9.23 Å². The summed E-state index contributed by atoms with van der Waals surface area (Å²) in [5.41, 5.74) is 4.61. The minimum Gasteiger partial charge on any atom is -0.497 e. The Morgan fingerprint density at radius 2 is 2.00 bits per heavy atom. The normalized spacial score (nSPS) is 20.9. The molecule has 0 aromatic heterocycles. The van der Waals surface area contributed by atoms with E-state index in [0.717, 1.165) is 17.5 Å². The summed E-state index contributed by atoms with van der Waals surface area (Å²) in [6, 6.07) is 17.4. The molecule has 0 amide bonds. The molecule has 0 bridgehead atoms. The molecule has 1 unspecified atom stereocenters. The fraction of sp³-hybridized carbons (Fsp3) is 0.368. The van der Waals surface area contributed by atoms with Gasteiger partial charge in [-0.05, 0) is 54.5 Å². The van der Waals surface area contributed by atoms with E-state index in [1.807, 2.05) is 6.07 Å². The molecule has 0 saturated heterocycles. The smallest absolute Gasteiger partial charge is 0.119 e. The average molecular weight is 345 g/mol. The van der Waals surface area contributed by atoms with E-state index in [4.69, 9.17) is 4.74 Å². The Morgan fingerprint density at radius 3 is 2.81 bits per heavy atom. The van der Waals surface area contributed by atoms with E-state index in [9.17, 15) is 0 Å². The summed E-state index contributed by atoms with van der Waals surface area (Å²) < 4.78 is 5.37. The molecule has 0 spiro atoms. The highest BCUT2D eigenvalue weighted by molar-refractivity contribution is 9.09. The van der Waals surface area contributed by atoms with Gasteiger partial charge < -0.3 is 4.74 Å². The second-order valence-electron chi connectivity index (χ2n) is 5.95. The summed E-state index contributed by atoms with van der Waals surface area (Å²) in [7, 11) is 1.73. The largest absolute Gasteiger partial charge is 0.497 e. The van der Waals surface area contributed by atoms with Crippen LogP contribution < -0.4 is 4.74 Å². The van der Waals surface area contributed by atoms with Crippen LogP contribution in [0.1, 0.15) is 29.5 Å². The number of hydrogen-bond donors (Lipinski definition) is 0. The Hall–Kier alpha value is -1.28. The third kappa shape index (κ3) is 2.87. The summed E-state index contributed by atoms with van der Waals surface area (Å²) in [4.78, 5) is 0. The Kier molecular flexibility index (Phi) is 4.34. The van der Waals surface area contributed by atoms with Crippen molar-refractivity contribution >= 4 is 15.9 Å². The van der Waals surface area contributed by atoms with Crippen molar-refractivity contribution < 1.29 is 4.74 Å². The van der Waals surface area contributed by atoms with Crippen molar-refractivity contribution in [3.05, 3.63) is 65.2 Å². The molecule has 0 aliphatic heterocycles. The van der Waals surface area contributed by atoms with E-state index in [0.29, 0.717) is 0 Å². The molecule has 0 heterocycles. The number of hydrogen-bond acceptors (Lipinski definition) is 1. The van der Waals surface area contributed by atoms with Crippen LogP contribution in [0.25, 0.3) is 0 Å². The maximum atomic E-state index is 5.37. The molecule has 21 heavy (non-hydrogen) atoms. The van der Waals surface area contributed by atoms with E-state index in [-0.39, 0.29) is 5.41 Å². The van der Waals surface area contributed by atoms with Crippen LogP contribution in [0.15, 0.2) is 48.5 Å². The lowest BCUT2D eigenvalue weighted by Gasteiger charge is -2.38. The first kappa shape index (κ1) is 14.6. The van der Waals surface area contributed by atoms with E-state index >= 15 is 0 Å². The summed E-state index contributed by atoms with van der Waals surface area (Å²) in [5, 5.41) is 1.01. The van der Waals surface area contributed by atoms with Gasteiger partial charge >= 0.3 is 0 Å². The zero-order chi connectivity index (χ0) is 14.7. The molecule has 2 aromatic carbocycles. The summed E-state index contributed by atoms with van der Waals surface area (Å²) in [6.45, 7) is 0. The third-order valence-corrected chi connectivity index (χ3v) is 5.70. The highest BCUT2D eigenvalue weighted by Crippen LogP contribution is 2.41. The summed E-state index contributed by atoms with van der Waals surface area (Å²) in [6.07, 6.45) is 4.79. The summed E-state index contributed by atoms with van der Waals surface area (Å²) in [5.74, 6) is 0.946. The number of ether oxygens (including phenoxy) is 1. The maximum Gasteiger partial charge on any atom is 0.119 e. The van der Waals surface area contributed by atoms with Crippen LogP contribution in [-0.4, -0.2) is 12.4 Å². The molecule has 2 aromatic rings. The molecule has 0 radical (unpaired) electrons. The fourth-order valence-corrected chi connectivity index (χ4v) is 4.33. The van der Waals surface area contributed by atoms with Crippen LogP contribution in [0.3, 0.4) is 0 Å². The van der Waals surface area contributed by atoms with Gasteiger partial charge in [-0.25, -0.2) is 0 Å². The van der Waals surface area contributed by atoms with Gasteiger partial charge in [-0.15, -0.1) is 0 Å². The van der Waals surface area contributed by atoms with E-state index in [1.54, 1.807) is 7.11 Å². The predicted octanol–water partition coefficient (Wildman–Crippen LogP) is 4.91. The Balaban J connectivity index is 1.98. The van der Waals surface area contributed by atoms with E-state index < -0.39 is 0 Å². The lowest BCUT2D eigenvalue weighted by Crippen LogP contribution is -2.35. The molecular formula is C19H21BrO. The van der Waals surface area contributed by atoms with Crippen LogP contribution >= 0.6 is 15.9 Å². The Morgan fingerprint density at radius 1 is 1.14 bits per heavy atom. The van der Waals surface area contributed by atoms with Crippen molar-refractivity contribution in [1.29, 1.82) is 0 Å². The number of alkyl halides is 1. The van der Waals surface area contributed by atoms with Crippen LogP contribution in [0.2, 0.25) is 0 Å². The minimum absolute atomic E-state index is 0.210. The van der Waals surface area contributed by atoms with Crippen molar-refractivity contribution in [3.8, 4) is 5.75 Å². The zero-order valence-electron chi connectivity index (χ0n) is 12.4. The molecule has 0 N–H and O–H groups in total. The zero-order valence-corrected chi connectivity index (χ0v) is 14.0. The van der Waals surface area contributed by atoms with Crippen LogP contribution in [0, 0.1) is 0 Å². The highest BCUT2D eigenvalue weighted by Gasteiger charge is 2.35. The average Bonchev–Trinajstić information content (AvgIpc) is 2.55. The second-order valence-corrected chi connectivity index (χ2v) is 6.51. The second kappa shape index (κ2) is 6.23. The third-order valence-electron chi connectivity index (χ3n) is 4.62. The monoisotopic (exact) mass is 344 g/mol. The fourth-order valence-electron chi connectivity index (χ4n) is 3.55. The van der Waals surface area contributed by atoms with E-state index in [1.165, 1.54) is 36.0 Å². The van der Waals surface area contributed by atoms with Gasteiger partial charge in [0.1, 0.15) is 5.75 Å². The molecule has 1 nitrogen and oxygen atoms in total. The summed E-state index contributed by atoms with van der Waals surface area (Å²) >= 11 is 3.80. The molecule has 1 aliphatic carbocycles. The van der Waals surface area contributed by atoms with E-state index in [2.05, 4.69) is 58.4 Å². The van der Waals surface area contributed by atoms with Gasteiger partial charge in [-0.1, -0.05) is 52.3 Å². The quantitative estimate of drug-likeness (QED) is 0.716. The molecule has 0 saturated carbocycles. The number of rotatable bonds is 4. The van der Waals surface area contributed by atoms with Crippen molar-refractivity contribution in [2.45, 2.75) is 31.1 Å². The van der Waals surface area contributed by atoms with Gasteiger partial charge in [0, 0.05) is 10.7 Å². The molecule has 110 valence electrons. The number of aryl methyl sites for hydroxylation is 1. The molecule has 3 rings (SSSR count). The van der Waals surface area contributed by atoms with Gasteiger partial charge in [-0.3, -0.25) is 0 Å². The van der Waals surface area contributed by atoms with Crippen LogP contribution in [0.5, 0.6) is 5.75 Å². The van der Waals surface area contributed by atoms with Gasteiger partial charge in [0.05, 0.1) is 7.11 Å². The molecule has 1 atom stereocenters. The van der Waals surface area contributed by atoms with Crippen molar-refractivity contribution in [3.63, 3.8) is 0 Å².